The van der Waals surface area contributed by atoms with Gasteiger partial charge in [-0.3, -0.25) is 4.79 Å². The molecule has 0 spiro atoms. The van der Waals surface area contributed by atoms with Crippen molar-refractivity contribution in [3.05, 3.63) is 70.9 Å². The van der Waals surface area contributed by atoms with Crippen molar-refractivity contribution in [2.45, 2.75) is 33.2 Å². The molecule has 33 heavy (non-hydrogen) atoms. The van der Waals surface area contributed by atoms with Crippen molar-refractivity contribution in [2.75, 3.05) is 21.3 Å². The summed E-state index contributed by atoms with van der Waals surface area (Å²) in [5.74, 6) is 2.92. The first-order chi connectivity index (χ1) is 15.9. The Morgan fingerprint density at radius 1 is 0.879 bits per heavy atom. The Morgan fingerprint density at radius 3 is 2.21 bits per heavy atom. The monoisotopic (exact) mass is 450 g/mol. The minimum Gasteiger partial charge on any atom is -0.493 e. The van der Waals surface area contributed by atoms with Gasteiger partial charge in [-0.15, -0.1) is 0 Å². The number of carbonyl (C=O) groups excluding carboxylic acids is 1. The van der Waals surface area contributed by atoms with E-state index in [4.69, 9.17) is 18.9 Å². The van der Waals surface area contributed by atoms with Gasteiger partial charge in [-0.25, -0.2) is 4.98 Å². The van der Waals surface area contributed by atoms with E-state index < -0.39 is 0 Å². The number of methoxy groups -OCH3 is 3. The van der Waals surface area contributed by atoms with Gasteiger partial charge in [-0.2, -0.15) is 0 Å². The summed E-state index contributed by atoms with van der Waals surface area (Å²) in [6, 6.07) is 13.5. The second kappa shape index (κ2) is 11.2. The summed E-state index contributed by atoms with van der Waals surface area (Å²) in [5.41, 5.74) is 3.99. The van der Waals surface area contributed by atoms with Crippen LogP contribution < -0.4 is 24.3 Å². The van der Waals surface area contributed by atoms with E-state index >= 15 is 0 Å². The number of carbonyl (C=O) groups is 1. The van der Waals surface area contributed by atoms with Crippen LogP contribution in [0.5, 0.6) is 28.9 Å². The molecule has 0 unspecified atom stereocenters. The fourth-order valence-electron chi connectivity index (χ4n) is 3.33. The van der Waals surface area contributed by atoms with E-state index in [1.165, 1.54) is 0 Å². The molecule has 0 saturated carbocycles. The first kappa shape index (κ1) is 23.9. The first-order valence-corrected chi connectivity index (χ1v) is 10.7. The molecular formula is C26H30N2O5. The highest BCUT2D eigenvalue weighted by Gasteiger charge is 2.14. The number of pyridine rings is 1. The number of nitrogens with one attached hydrogen (secondary N) is 1. The quantitative estimate of drug-likeness (QED) is 0.480. The molecule has 2 aromatic carbocycles. The van der Waals surface area contributed by atoms with Gasteiger partial charge in [0.05, 0.1) is 21.3 Å². The minimum atomic E-state index is -0.0561. The number of rotatable bonds is 10. The molecule has 1 heterocycles. The van der Waals surface area contributed by atoms with E-state index in [1.807, 2.05) is 50.2 Å². The molecule has 0 fully saturated rings. The summed E-state index contributed by atoms with van der Waals surface area (Å²) >= 11 is 0. The summed E-state index contributed by atoms with van der Waals surface area (Å²) in [6.07, 6.45) is 2.59. The molecule has 0 radical (unpaired) electrons. The van der Waals surface area contributed by atoms with E-state index in [0.717, 1.165) is 28.0 Å². The van der Waals surface area contributed by atoms with Crippen molar-refractivity contribution in [3.8, 4) is 28.9 Å². The van der Waals surface area contributed by atoms with E-state index in [9.17, 15) is 4.79 Å². The third kappa shape index (κ3) is 6.38. The van der Waals surface area contributed by atoms with Crippen LogP contribution in [0.4, 0.5) is 0 Å². The molecular weight excluding hydrogens is 420 g/mol. The van der Waals surface area contributed by atoms with Crippen LogP contribution in [0, 0.1) is 13.8 Å². The molecule has 0 atom stereocenters. The number of hydrogen-bond acceptors (Lipinski definition) is 6. The Labute approximate surface area is 194 Å². The topological polar surface area (TPSA) is 78.9 Å². The van der Waals surface area contributed by atoms with Gasteiger partial charge in [-0.1, -0.05) is 18.2 Å². The van der Waals surface area contributed by atoms with Crippen molar-refractivity contribution in [3.63, 3.8) is 0 Å². The van der Waals surface area contributed by atoms with Crippen LogP contribution in [0.2, 0.25) is 0 Å². The largest absolute Gasteiger partial charge is 0.493 e. The molecule has 0 aliphatic carbocycles. The number of benzene rings is 2. The van der Waals surface area contributed by atoms with Crippen molar-refractivity contribution in [1.29, 1.82) is 0 Å². The number of aryl methyl sites for hydroxylation is 3. The van der Waals surface area contributed by atoms with Crippen LogP contribution in [0.1, 0.15) is 28.7 Å². The van der Waals surface area contributed by atoms with E-state index in [2.05, 4.69) is 10.3 Å². The first-order valence-electron chi connectivity index (χ1n) is 10.7. The second-order valence-corrected chi connectivity index (χ2v) is 7.69. The normalized spacial score (nSPS) is 10.5. The maximum atomic E-state index is 12.4. The number of amides is 1. The van der Waals surface area contributed by atoms with Gasteiger partial charge < -0.3 is 24.3 Å². The summed E-state index contributed by atoms with van der Waals surface area (Å²) in [7, 11) is 4.70. The van der Waals surface area contributed by atoms with E-state index in [1.54, 1.807) is 33.6 Å². The molecule has 0 saturated heterocycles. The van der Waals surface area contributed by atoms with Crippen molar-refractivity contribution >= 4 is 5.91 Å². The zero-order chi connectivity index (χ0) is 23.8. The van der Waals surface area contributed by atoms with Crippen LogP contribution in [-0.2, 0) is 17.8 Å². The minimum absolute atomic E-state index is 0.0561. The average molecular weight is 451 g/mol. The summed E-state index contributed by atoms with van der Waals surface area (Å²) < 4.78 is 22.0. The maximum absolute atomic E-state index is 12.4. The van der Waals surface area contributed by atoms with Crippen LogP contribution >= 0.6 is 0 Å². The Morgan fingerprint density at radius 2 is 1.61 bits per heavy atom. The highest BCUT2D eigenvalue weighted by molar-refractivity contribution is 5.76. The van der Waals surface area contributed by atoms with Crippen LogP contribution in [0.25, 0.3) is 0 Å². The zero-order valence-corrected chi connectivity index (χ0v) is 19.7. The summed E-state index contributed by atoms with van der Waals surface area (Å²) in [4.78, 5) is 16.7. The molecule has 1 amide bonds. The van der Waals surface area contributed by atoms with Gasteiger partial charge in [0, 0.05) is 25.2 Å². The van der Waals surface area contributed by atoms with Crippen LogP contribution in [0.15, 0.2) is 48.7 Å². The Hall–Kier alpha value is -3.74. The lowest BCUT2D eigenvalue weighted by Gasteiger charge is -2.14. The highest BCUT2D eigenvalue weighted by atomic mass is 16.5. The molecule has 7 nitrogen and oxygen atoms in total. The van der Waals surface area contributed by atoms with Gasteiger partial charge in [0.2, 0.25) is 17.5 Å². The standard InChI is InChI=1S/C26H30N2O5/c1-17-6-7-18(2)21(12-17)33-25-11-9-20(16-28-25)15-27-24(29)10-8-19-13-22(30-3)26(32-5)23(14-19)31-4/h6-7,9,11-14,16H,8,10,15H2,1-5H3,(H,27,29). The predicted octanol–water partition coefficient (Wildman–Crippen LogP) is 4.77. The molecule has 3 rings (SSSR count). The lowest BCUT2D eigenvalue weighted by Crippen LogP contribution is -2.23. The van der Waals surface area contributed by atoms with Crippen LogP contribution in [0.3, 0.4) is 0 Å². The smallest absolute Gasteiger partial charge is 0.220 e. The maximum Gasteiger partial charge on any atom is 0.220 e. The summed E-state index contributed by atoms with van der Waals surface area (Å²) in [6.45, 7) is 4.41. The zero-order valence-electron chi connectivity index (χ0n) is 19.7. The SMILES string of the molecule is COc1cc(CCC(=O)NCc2ccc(Oc3cc(C)ccc3C)nc2)cc(OC)c1OC. The second-order valence-electron chi connectivity index (χ2n) is 7.69. The summed E-state index contributed by atoms with van der Waals surface area (Å²) in [5, 5.41) is 2.93. The van der Waals surface area contributed by atoms with E-state index in [0.29, 0.717) is 42.5 Å². The van der Waals surface area contributed by atoms with Gasteiger partial charge in [0.1, 0.15) is 5.75 Å². The molecule has 174 valence electrons. The van der Waals surface area contributed by atoms with E-state index in [-0.39, 0.29) is 5.91 Å². The Kier molecular flexibility index (Phi) is 8.13. The van der Waals surface area contributed by atoms with Crippen molar-refractivity contribution in [2.24, 2.45) is 0 Å². The molecule has 7 heteroatoms. The predicted molar refractivity (Wildman–Crippen MR) is 126 cm³/mol. The molecule has 0 bridgehead atoms. The molecule has 0 aliphatic heterocycles. The highest BCUT2D eigenvalue weighted by Crippen LogP contribution is 2.38. The Balaban J connectivity index is 1.52. The lowest BCUT2D eigenvalue weighted by atomic mass is 10.1. The van der Waals surface area contributed by atoms with Gasteiger partial charge in [0.15, 0.2) is 11.5 Å². The third-order valence-corrected chi connectivity index (χ3v) is 5.21. The molecule has 1 aromatic heterocycles. The van der Waals surface area contributed by atoms with Gasteiger partial charge >= 0.3 is 0 Å². The fourth-order valence-corrected chi connectivity index (χ4v) is 3.33. The van der Waals surface area contributed by atoms with Crippen LogP contribution in [-0.4, -0.2) is 32.2 Å². The van der Waals surface area contributed by atoms with Crippen molar-refractivity contribution < 1.29 is 23.7 Å². The fraction of sp³-hybridized carbons (Fsp3) is 0.308. The third-order valence-electron chi connectivity index (χ3n) is 5.21. The van der Waals surface area contributed by atoms with Crippen molar-refractivity contribution in [1.82, 2.24) is 10.3 Å². The molecule has 1 N–H and O–H groups in total. The van der Waals surface area contributed by atoms with Gasteiger partial charge in [0.25, 0.3) is 0 Å². The van der Waals surface area contributed by atoms with Gasteiger partial charge in [-0.05, 0) is 60.7 Å². The molecule has 0 aliphatic rings. The lowest BCUT2D eigenvalue weighted by molar-refractivity contribution is -0.121. The molecule has 3 aromatic rings. The average Bonchev–Trinajstić information content (AvgIpc) is 2.83. The number of nitrogens with zero attached hydrogens (tertiary/aromatic N) is 1. The number of aromatic nitrogens is 1. The Bertz CT molecular complexity index is 1070. The number of hydrogen-bond donors (Lipinski definition) is 1. The number of ether oxygens (including phenoxy) is 4.